The second-order valence-electron chi connectivity index (χ2n) is 5.66. The SMILES string of the molecule is COCCC(N)C(=O)Nc1ccc2c(c1)CCN(C)CC2. The van der Waals surface area contributed by atoms with Crippen molar-refractivity contribution in [3.8, 4) is 0 Å². The summed E-state index contributed by atoms with van der Waals surface area (Å²) < 4.78 is 4.95. The highest BCUT2D eigenvalue weighted by Gasteiger charge is 2.15. The Morgan fingerprint density at radius 2 is 2.10 bits per heavy atom. The minimum Gasteiger partial charge on any atom is -0.385 e. The highest BCUT2D eigenvalue weighted by atomic mass is 16.5. The lowest BCUT2D eigenvalue weighted by Crippen LogP contribution is -2.36. The molecule has 21 heavy (non-hydrogen) atoms. The number of nitrogens with one attached hydrogen (secondary N) is 1. The Labute approximate surface area is 126 Å². The van der Waals surface area contributed by atoms with Gasteiger partial charge in [0.25, 0.3) is 0 Å². The van der Waals surface area contributed by atoms with Crippen LogP contribution in [0.15, 0.2) is 18.2 Å². The number of methoxy groups -OCH3 is 1. The highest BCUT2D eigenvalue weighted by molar-refractivity contribution is 5.94. The lowest BCUT2D eigenvalue weighted by atomic mass is 10.0. The van der Waals surface area contributed by atoms with E-state index in [9.17, 15) is 4.79 Å². The van der Waals surface area contributed by atoms with Crippen LogP contribution in [0.4, 0.5) is 5.69 Å². The smallest absolute Gasteiger partial charge is 0.241 e. The number of ether oxygens (including phenoxy) is 1. The van der Waals surface area contributed by atoms with E-state index >= 15 is 0 Å². The number of carbonyl (C=O) groups excluding carboxylic acids is 1. The van der Waals surface area contributed by atoms with Crippen molar-refractivity contribution < 1.29 is 9.53 Å². The molecule has 0 aromatic heterocycles. The van der Waals surface area contributed by atoms with Crippen LogP contribution >= 0.6 is 0 Å². The summed E-state index contributed by atoms with van der Waals surface area (Å²) in [5.41, 5.74) is 9.36. The van der Waals surface area contributed by atoms with Gasteiger partial charge in [0.05, 0.1) is 6.04 Å². The van der Waals surface area contributed by atoms with Gasteiger partial charge in [-0.1, -0.05) is 6.07 Å². The zero-order valence-electron chi connectivity index (χ0n) is 12.9. The molecule has 1 aliphatic rings. The second kappa shape index (κ2) is 7.54. The number of nitrogens with two attached hydrogens (primary N) is 1. The predicted molar refractivity (Wildman–Crippen MR) is 84.4 cm³/mol. The predicted octanol–water partition coefficient (Wildman–Crippen LogP) is 1.02. The van der Waals surface area contributed by atoms with Crippen molar-refractivity contribution in [2.75, 3.05) is 39.2 Å². The Bertz CT molecular complexity index is 490. The molecule has 3 N–H and O–H groups in total. The summed E-state index contributed by atoms with van der Waals surface area (Å²) in [6.45, 7) is 2.63. The monoisotopic (exact) mass is 291 g/mol. The fourth-order valence-corrected chi connectivity index (χ4v) is 2.53. The van der Waals surface area contributed by atoms with Crippen molar-refractivity contribution in [2.45, 2.75) is 25.3 Å². The average Bonchev–Trinajstić information content (AvgIpc) is 2.66. The third-order valence-electron chi connectivity index (χ3n) is 3.97. The van der Waals surface area contributed by atoms with Gasteiger partial charge in [0.1, 0.15) is 0 Å². The number of fused-ring (bicyclic) bond motifs is 1. The lowest BCUT2D eigenvalue weighted by Gasteiger charge is -2.13. The largest absolute Gasteiger partial charge is 0.385 e. The van der Waals surface area contributed by atoms with Crippen LogP contribution in [0.1, 0.15) is 17.5 Å². The quantitative estimate of drug-likeness (QED) is 0.850. The highest BCUT2D eigenvalue weighted by Crippen LogP contribution is 2.20. The second-order valence-corrected chi connectivity index (χ2v) is 5.66. The van der Waals surface area contributed by atoms with Crippen molar-refractivity contribution in [3.63, 3.8) is 0 Å². The normalized spacial score (nSPS) is 16.9. The molecule has 0 fully saturated rings. The Kier molecular flexibility index (Phi) is 5.73. The maximum Gasteiger partial charge on any atom is 0.241 e. The number of nitrogens with zero attached hydrogens (tertiary/aromatic N) is 1. The van der Waals surface area contributed by atoms with Gasteiger partial charge in [-0.25, -0.2) is 0 Å². The molecule has 116 valence electrons. The first-order valence-corrected chi connectivity index (χ1v) is 7.46. The number of anilines is 1. The van der Waals surface area contributed by atoms with Crippen molar-refractivity contribution in [2.24, 2.45) is 5.73 Å². The van der Waals surface area contributed by atoms with E-state index in [2.05, 4.69) is 29.4 Å². The molecule has 1 aliphatic heterocycles. The van der Waals surface area contributed by atoms with Gasteiger partial charge in [0.15, 0.2) is 0 Å². The molecule has 5 nitrogen and oxygen atoms in total. The Hall–Kier alpha value is -1.43. The van der Waals surface area contributed by atoms with Crippen LogP contribution in [0.2, 0.25) is 0 Å². The van der Waals surface area contributed by atoms with E-state index in [4.69, 9.17) is 10.5 Å². The van der Waals surface area contributed by atoms with Crippen LogP contribution in [0.5, 0.6) is 0 Å². The van der Waals surface area contributed by atoms with Gasteiger partial charge in [-0.3, -0.25) is 4.79 Å². The van der Waals surface area contributed by atoms with Crippen LogP contribution in [0.3, 0.4) is 0 Å². The standard InChI is InChI=1S/C16H25N3O2/c1-19-8-5-12-3-4-14(11-13(12)6-9-19)18-16(20)15(17)7-10-21-2/h3-4,11,15H,5-10,17H2,1-2H3,(H,18,20). The van der Waals surface area contributed by atoms with E-state index in [0.29, 0.717) is 13.0 Å². The number of hydrogen-bond acceptors (Lipinski definition) is 4. The molecule has 0 bridgehead atoms. The molecule has 0 aliphatic carbocycles. The molecule has 0 radical (unpaired) electrons. The van der Waals surface area contributed by atoms with Crippen LogP contribution in [0, 0.1) is 0 Å². The zero-order chi connectivity index (χ0) is 15.2. The van der Waals surface area contributed by atoms with Crippen molar-refractivity contribution in [1.29, 1.82) is 0 Å². The average molecular weight is 291 g/mol. The maximum absolute atomic E-state index is 12.0. The third kappa shape index (κ3) is 4.52. The van der Waals surface area contributed by atoms with E-state index in [1.165, 1.54) is 11.1 Å². The lowest BCUT2D eigenvalue weighted by molar-refractivity contribution is -0.117. The fraction of sp³-hybridized carbons (Fsp3) is 0.562. The minimum atomic E-state index is -0.533. The first-order chi connectivity index (χ1) is 10.1. The summed E-state index contributed by atoms with van der Waals surface area (Å²) in [6.07, 6.45) is 2.61. The molecule has 1 heterocycles. The molecule has 2 rings (SSSR count). The number of amides is 1. The van der Waals surface area contributed by atoms with E-state index in [1.54, 1.807) is 7.11 Å². The molecule has 5 heteroatoms. The van der Waals surface area contributed by atoms with E-state index in [1.807, 2.05) is 6.07 Å². The molecule has 1 unspecified atom stereocenters. The number of hydrogen-bond donors (Lipinski definition) is 2. The molecule has 1 atom stereocenters. The number of benzene rings is 1. The molecule has 1 aromatic rings. The van der Waals surface area contributed by atoms with E-state index < -0.39 is 6.04 Å². The third-order valence-corrected chi connectivity index (χ3v) is 3.97. The van der Waals surface area contributed by atoms with Gasteiger partial charge in [0.2, 0.25) is 5.91 Å². The molecule has 1 aromatic carbocycles. The summed E-state index contributed by atoms with van der Waals surface area (Å²) in [4.78, 5) is 14.3. The Balaban J connectivity index is 2.00. The summed E-state index contributed by atoms with van der Waals surface area (Å²) in [5, 5.41) is 2.90. The van der Waals surface area contributed by atoms with Gasteiger partial charge >= 0.3 is 0 Å². The fourth-order valence-electron chi connectivity index (χ4n) is 2.53. The Morgan fingerprint density at radius 3 is 2.81 bits per heavy atom. The number of likely N-dealkylation sites (N-methyl/N-ethyl adjacent to an activating group) is 1. The van der Waals surface area contributed by atoms with E-state index in [-0.39, 0.29) is 5.91 Å². The molecular weight excluding hydrogens is 266 g/mol. The summed E-state index contributed by atoms with van der Waals surface area (Å²) in [5.74, 6) is -0.155. The van der Waals surface area contributed by atoms with Gasteiger partial charge in [-0.05, 0) is 49.6 Å². The first-order valence-electron chi connectivity index (χ1n) is 7.46. The van der Waals surface area contributed by atoms with Gasteiger partial charge in [-0.15, -0.1) is 0 Å². The molecule has 0 saturated carbocycles. The van der Waals surface area contributed by atoms with Crippen molar-refractivity contribution in [3.05, 3.63) is 29.3 Å². The van der Waals surface area contributed by atoms with Crippen LogP contribution in [0.25, 0.3) is 0 Å². The number of carbonyl (C=O) groups is 1. The van der Waals surface area contributed by atoms with Crippen LogP contribution < -0.4 is 11.1 Å². The van der Waals surface area contributed by atoms with Crippen molar-refractivity contribution in [1.82, 2.24) is 4.90 Å². The Morgan fingerprint density at radius 1 is 1.38 bits per heavy atom. The first kappa shape index (κ1) is 15.9. The number of rotatable bonds is 5. The van der Waals surface area contributed by atoms with Gasteiger partial charge in [-0.2, -0.15) is 0 Å². The summed E-state index contributed by atoms with van der Waals surface area (Å²) in [6, 6.07) is 5.63. The van der Waals surface area contributed by atoms with Gasteiger partial charge < -0.3 is 20.7 Å². The summed E-state index contributed by atoms with van der Waals surface area (Å²) in [7, 11) is 3.75. The van der Waals surface area contributed by atoms with Crippen molar-refractivity contribution >= 4 is 11.6 Å². The topological polar surface area (TPSA) is 67.6 Å². The minimum absolute atomic E-state index is 0.155. The molecule has 0 saturated heterocycles. The van der Waals surface area contributed by atoms with Gasteiger partial charge in [0, 0.05) is 32.5 Å². The maximum atomic E-state index is 12.0. The molecular formula is C16H25N3O2. The van der Waals surface area contributed by atoms with Crippen LogP contribution in [-0.2, 0) is 22.4 Å². The van der Waals surface area contributed by atoms with E-state index in [0.717, 1.165) is 31.6 Å². The summed E-state index contributed by atoms with van der Waals surface area (Å²) >= 11 is 0. The zero-order valence-corrected chi connectivity index (χ0v) is 12.9. The van der Waals surface area contributed by atoms with Crippen LogP contribution in [-0.4, -0.2) is 50.7 Å². The molecule has 1 amide bonds. The molecule has 0 spiro atoms.